The summed E-state index contributed by atoms with van der Waals surface area (Å²) in [6, 6.07) is 9.00. The zero-order chi connectivity index (χ0) is 17.4. The van der Waals surface area contributed by atoms with Gasteiger partial charge in [-0.15, -0.1) is 0 Å². The average Bonchev–Trinajstić information content (AvgIpc) is 3.24. The van der Waals surface area contributed by atoms with Crippen molar-refractivity contribution in [3.05, 3.63) is 42.2 Å². The lowest BCUT2D eigenvalue weighted by Crippen LogP contribution is -2.28. The van der Waals surface area contributed by atoms with Crippen molar-refractivity contribution in [1.29, 1.82) is 0 Å². The monoisotopic (exact) mass is 337 g/mol. The van der Waals surface area contributed by atoms with Crippen LogP contribution in [0.1, 0.15) is 23.3 Å². The van der Waals surface area contributed by atoms with Gasteiger partial charge in [0.05, 0.1) is 11.0 Å². The molecule has 25 heavy (non-hydrogen) atoms. The highest BCUT2D eigenvalue weighted by Gasteiger charge is 2.20. The molecule has 128 valence electrons. The number of benzene rings is 1. The van der Waals surface area contributed by atoms with Gasteiger partial charge in [0.2, 0.25) is 5.95 Å². The number of aryl methyl sites for hydroxylation is 1. The highest BCUT2D eigenvalue weighted by Crippen LogP contribution is 2.26. The largest absolute Gasteiger partial charge is 0.457 e. The van der Waals surface area contributed by atoms with Gasteiger partial charge in [-0.3, -0.25) is 9.78 Å². The molecule has 7 heteroatoms. The summed E-state index contributed by atoms with van der Waals surface area (Å²) in [4.78, 5) is 22.8. The van der Waals surface area contributed by atoms with Crippen LogP contribution in [0.4, 0.5) is 5.95 Å². The highest BCUT2D eigenvalue weighted by molar-refractivity contribution is 5.92. The van der Waals surface area contributed by atoms with Crippen molar-refractivity contribution in [2.75, 3.05) is 18.8 Å². The molecule has 4 rings (SSSR count). The Kier molecular flexibility index (Phi) is 3.76. The zero-order valence-electron chi connectivity index (χ0n) is 14.0. The van der Waals surface area contributed by atoms with Gasteiger partial charge in [0.15, 0.2) is 0 Å². The van der Waals surface area contributed by atoms with Crippen molar-refractivity contribution in [2.45, 2.75) is 12.8 Å². The maximum atomic E-state index is 12.4. The molecule has 1 fully saturated rings. The van der Waals surface area contributed by atoms with Gasteiger partial charge >= 0.3 is 0 Å². The predicted octanol–water partition coefficient (Wildman–Crippen LogP) is 2.58. The van der Waals surface area contributed by atoms with Gasteiger partial charge in [0.1, 0.15) is 17.2 Å². The Morgan fingerprint density at radius 2 is 1.92 bits per heavy atom. The fourth-order valence-corrected chi connectivity index (χ4v) is 3.07. The number of rotatable bonds is 3. The van der Waals surface area contributed by atoms with E-state index in [1.807, 2.05) is 34.7 Å². The van der Waals surface area contributed by atoms with E-state index in [9.17, 15) is 4.79 Å². The summed E-state index contributed by atoms with van der Waals surface area (Å²) in [5.74, 6) is 1.61. The van der Waals surface area contributed by atoms with E-state index < -0.39 is 0 Å². The van der Waals surface area contributed by atoms with Crippen LogP contribution in [-0.2, 0) is 7.05 Å². The molecule has 3 heterocycles. The number of anilines is 1. The third kappa shape index (κ3) is 2.88. The van der Waals surface area contributed by atoms with Crippen LogP contribution in [0.2, 0.25) is 0 Å². The Bertz CT molecular complexity index is 944. The van der Waals surface area contributed by atoms with Crippen LogP contribution in [0.15, 0.2) is 36.5 Å². The first kappa shape index (κ1) is 15.4. The third-order valence-corrected chi connectivity index (χ3v) is 4.47. The van der Waals surface area contributed by atoms with E-state index in [2.05, 4.69) is 9.97 Å². The standard InChI is InChI=1S/C18H19N5O2/c1-22-16-5-4-12(10-14(16)21-18(22)19)25-13-6-7-20-15(11-13)17(24)23-8-2-3-9-23/h4-7,10-11H,2-3,8-9H2,1H3,(H2,19,21). The molecule has 1 aliphatic rings. The Morgan fingerprint density at radius 1 is 1.16 bits per heavy atom. The lowest BCUT2D eigenvalue weighted by molar-refractivity contribution is 0.0786. The summed E-state index contributed by atoms with van der Waals surface area (Å²) < 4.78 is 7.71. The molecule has 2 aromatic heterocycles. The summed E-state index contributed by atoms with van der Waals surface area (Å²) in [5.41, 5.74) is 7.93. The number of amides is 1. The van der Waals surface area contributed by atoms with Gasteiger partial charge < -0.3 is 19.9 Å². The number of fused-ring (bicyclic) bond motifs is 1. The Labute approximate surface area is 145 Å². The number of nitrogen functional groups attached to an aromatic ring is 1. The lowest BCUT2D eigenvalue weighted by Gasteiger charge is -2.15. The number of imidazole rings is 1. The van der Waals surface area contributed by atoms with Gasteiger partial charge in [0.25, 0.3) is 5.91 Å². The first-order valence-corrected chi connectivity index (χ1v) is 8.27. The zero-order valence-corrected chi connectivity index (χ0v) is 14.0. The molecule has 0 radical (unpaired) electrons. The van der Waals surface area contributed by atoms with Crippen molar-refractivity contribution < 1.29 is 9.53 Å². The van der Waals surface area contributed by atoms with Crippen molar-refractivity contribution in [3.63, 3.8) is 0 Å². The van der Waals surface area contributed by atoms with E-state index in [1.54, 1.807) is 18.3 Å². The summed E-state index contributed by atoms with van der Waals surface area (Å²) in [6.07, 6.45) is 3.69. The van der Waals surface area contributed by atoms with Gasteiger partial charge in [-0.1, -0.05) is 0 Å². The number of pyridine rings is 1. The van der Waals surface area contributed by atoms with E-state index >= 15 is 0 Å². The number of hydrogen-bond donors (Lipinski definition) is 1. The van der Waals surface area contributed by atoms with Crippen LogP contribution in [0, 0.1) is 0 Å². The van der Waals surface area contributed by atoms with E-state index in [0.29, 0.717) is 23.1 Å². The average molecular weight is 337 g/mol. The molecule has 1 aromatic carbocycles. The molecule has 0 unspecified atom stereocenters. The number of likely N-dealkylation sites (tertiary alicyclic amines) is 1. The lowest BCUT2D eigenvalue weighted by atomic mass is 10.3. The van der Waals surface area contributed by atoms with Crippen molar-refractivity contribution >= 4 is 22.9 Å². The maximum absolute atomic E-state index is 12.4. The SMILES string of the molecule is Cn1c(N)nc2cc(Oc3ccnc(C(=O)N4CCCC4)c3)ccc21. The third-order valence-electron chi connectivity index (χ3n) is 4.47. The predicted molar refractivity (Wildman–Crippen MR) is 94.6 cm³/mol. The first-order valence-electron chi connectivity index (χ1n) is 8.27. The van der Waals surface area contributed by atoms with Crippen LogP contribution in [0.5, 0.6) is 11.5 Å². The van der Waals surface area contributed by atoms with E-state index in [1.165, 1.54) is 0 Å². The Hall–Kier alpha value is -3.09. The minimum absolute atomic E-state index is 0.0455. The second-order valence-corrected chi connectivity index (χ2v) is 6.16. The van der Waals surface area contributed by atoms with Crippen LogP contribution in [0.25, 0.3) is 11.0 Å². The smallest absolute Gasteiger partial charge is 0.272 e. The van der Waals surface area contributed by atoms with Crippen LogP contribution < -0.4 is 10.5 Å². The van der Waals surface area contributed by atoms with Gasteiger partial charge in [-0.2, -0.15) is 0 Å². The quantitative estimate of drug-likeness (QED) is 0.794. The second kappa shape index (κ2) is 6.08. The number of hydrogen-bond acceptors (Lipinski definition) is 5. The number of ether oxygens (including phenoxy) is 1. The number of nitrogens with two attached hydrogens (primary N) is 1. The normalized spacial score (nSPS) is 14.2. The molecule has 0 spiro atoms. The first-order chi connectivity index (χ1) is 12.1. The maximum Gasteiger partial charge on any atom is 0.272 e. The second-order valence-electron chi connectivity index (χ2n) is 6.16. The number of carbonyl (C=O) groups excluding carboxylic acids is 1. The Morgan fingerprint density at radius 3 is 2.72 bits per heavy atom. The number of carbonyl (C=O) groups is 1. The van der Waals surface area contributed by atoms with Crippen molar-refractivity contribution in [2.24, 2.45) is 7.05 Å². The summed E-state index contributed by atoms with van der Waals surface area (Å²) in [5, 5.41) is 0. The number of aromatic nitrogens is 3. The minimum Gasteiger partial charge on any atom is -0.457 e. The van der Waals surface area contributed by atoms with E-state index in [4.69, 9.17) is 10.5 Å². The highest BCUT2D eigenvalue weighted by atomic mass is 16.5. The molecular formula is C18H19N5O2. The molecular weight excluding hydrogens is 318 g/mol. The van der Waals surface area contributed by atoms with E-state index in [0.717, 1.165) is 37.0 Å². The van der Waals surface area contributed by atoms with Crippen molar-refractivity contribution in [1.82, 2.24) is 19.4 Å². The minimum atomic E-state index is -0.0455. The van der Waals surface area contributed by atoms with Crippen LogP contribution >= 0.6 is 0 Å². The van der Waals surface area contributed by atoms with Gasteiger partial charge in [0, 0.05) is 38.5 Å². The summed E-state index contributed by atoms with van der Waals surface area (Å²) >= 11 is 0. The van der Waals surface area contributed by atoms with Crippen LogP contribution in [-0.4, -0.2) is 38.4 Å². The molecule has 3 aromatic rings. The molecule has 0 saturated carbocycles. The fraction of sp³-hybridized carbons (Fsp3) is 0.278. The van der Waals surface area contributed by atoms with Crippen molar-refractivity contribution in [3.8, 4) is 11.5 Å². The molecule has 0 aliphatic carbocycles. The molecule has 0 bridgehead atoms. The molecule has 7 nitrogen and oxygen atoms in total. The summed E-state index contributed by atoms with van der Waals surface area (Å²) in [7, 11) is 1.87. The number of nitrogens with zero attached hydrogens (tertiary/aromatic N) is 4. The molecule has 1 amide bonds. The Balaban J connectivity index is 1.58. The molecule has 1 saturated heterocycles. The van der Waals surface area contributed by atoms with Crippen LogP contribution in [0.3, 0.4) is 0 Å². The fourth-order valence-electron chi connectivity index (χ4n) is 3.07. The molecule has 2 N–H and O–H groups in total. The molecule has 1 aliphatic heterocycles. The summed E-state index contributed by atoms with van der Waals surface area (Å²) in [6.45, 7) is 1.59. The van der Waals surface area contributed by atoms with Gasteiger partial charge in [-0.05, 0) is 31.0 Å². The van der Waals surface area contributed by atoms with Gasteiger partial charge in [-0.25, -0.2) is 4.98 Å². The van der Waals surface area contributed by atoms with E-state index in [-0.39, 0.29) is 5.91 Å². The molecule has 0 atom stereocenters. The topological polar surface area (TPSA) is 86.3 Å².